The molecule has 0 aromatic heterocycles. The molecular formula is C38H28O6. The maximum atomic E-state index is 15.1. The van der Waals surface area contributed by atoms with E-state index in [4.69, 9.17) is 18.9 Å². The van der Waals surface area contributed by atoms with Gasteiger partial charge in [-0.05, 0) is 68.8 Å². The van der Waals surface area contributed by atoms with Gasteiger partial charge in [0, 0.05) is 46.0 Å². The molecule has 6 heteroatoms. The lowest BCUT2D eigenvalue weighted by atomic mass is 9.51. The molecule has 7 aliphatic rings. The van der Waals surface area contributed by atoms with Crippen molar-refractivity contribution in [3.63, 3.8) is 0 Å². The maximum absolute atomic E-state index is 15.1. The van der Waals surface area contributed by atoms with Gasteiger partial charge in [0.25, 0.3) is 0 Å². The fourth-order valence-electron chi connectivity index (χ4n) is 8.73. The summed E-state index contributed by atoms with van der Waals surface area (Å²) in [6, 6.07) is 24.3. The molecule has 4 bridgehead atoms. The fourth-order valence-corrected chi connectivity index (χ4v) is 8.73. The van der Waals surface area contributed by atoms with Crippen molar-refractivity contribution in [2.45, 2.75) is 23.7 Å². The molecule has 0 N–H and O–H groups in total. The number of allylic oxidation sites excluding steroid dienone is 4. The minimum Gasteiger partial charge on any atom is -0.493 e. The van der Waals surface area contributed by atoms with Crippen LogP contribution in [0.1, 0.15) is 68.2 Å². The predicted octanol–water partition coefficient (Wildman–Crippen LogP) is 6.35. The minimum absolute atomic E-state index is 0.0375. The number of ketones is 2. The number of Topliss-reactive ketones (excluding diaryl/α,β-unsaturated/α-hetero) is 2. The van der Waals surface area contributed by atoms with Crippen molar-refractivity contribution in [2.24, 2.45) is 0 Å². The average molecular weight is 581 g/mol. The van der Waals surface area contributed by atoms with Crippen LogP contribution in [0, 0.1) is 0 Å². The van der Waals surface area contributed by atoms with Gasteiger partial charge in [-0.2, -0.15) is 0 Å². The molecule has 0 heterocycles. The Morgan fingerprint density at radius 1 is 0.386 bits per heavy atom. The second-order valence-electron chi connectivity index (χ2n) is 12.0. The summed E-state index contributed by atoms with van der Waals surface area (Å²) in [6.07, 6.45) is 0. The third-order valence-electron chi connectivity index (χ3n) is 10.4. The summed E-state index contributed by atoms with van der Waals surface area (Å²) in [6.45, 7) is 0. The minimum atomic E-state index is -0.382. The first kappa shape index (κ1) is 25.4. The maximum Gasteiger partial charge on any atom is 0.187 e. The summed E-state index contributed by atoms with van der Waals surface area (Å²) in [5, 5.41) is 0. The van der Waals surface area contributed by atoms with Gasteiger partial charge in [-0.3, -0.25) is 9.59 Å². The van der Waals surface area contributed by atoms with E-state index in [9.17, 15) is 0 Å². The fraction of sp³-hybridized carbons (Fsp3) is 0.211. The van der Waals surface area contributed by atoms with E-state index in [0.717, 1.165) is 44.5 Å². The predicted molar refractivity (Wildman–Crippen MR) is 163 cm³/mol. The molecule has 0 amide bonds. The van der Waals surface area contributed by atoms with Gasteiger partial charge in [0.15, 0.2) is 34.6 Å². The molecule has 0 spiro atoms. The molecule has 0 unspecified atom stereocenters. The van der Waals surface area contributed by atoms with Crippen molar-refractivity contribution in [1.82, 2.24) is 0 Å². The average Bonchev–Trinajstić information content (AvgIpc) is 3.08. The largest absolute Gasteiger partial charge is 0.493 e. The van der Waals surface area contributed by atoms with Crippen molar-refractivity contribution >= 4 is 11.6 Å². The highest BCUT2D eigenvalue weighted by Crippen LogP contribution is 2.65. The van der Waals surface area contributed by atoms with Crippen LogP contribution < -0.4 is 18.9 Å². The number of methoxy groups -OCH3 is 4. The van der Waals surface area contributed by atoms with Crippen molar-refractivity contribution in [1.29, 1.82) is 0 Å². The molecule has 7 aliphatic carbocycles. The molecular weight excluding hydrogens is 552 g/mol. The van der Waals surface area contributed by atoms with Crippen LogP contribution in [-0.4, -0.2) is 40.0 Å². The Hall–Kier alpha value is -5.10. The Kier molecular flexibility index (Phi) is 5.04. The highest BCUT2D eigenvalue weighted by atomic mass is 16.5. The summed E-state index contributed by atoms with van der Waals surface area (Å²) in [5.74, 6) is 0.816. The molecule has 0 saturated heterocycles. The van der Waals surface area contributed by atoms with Gasteiger partial charge in [0.05, 0.1) is 28.4 Å². The van der Waals surface area contributed by atoms with E-state index < -0.39 is 0 Å². The van der Waals surface area contributed by atoms with Crippen LogP contribution in [0.4, 0.5) is 0 Å². The lowest BCUT2D eigenvalue weighted by Crippen LogP contribution is -2.43. The van der Waals surface area contributed by atoms with Gasteiger partial charge in [-0.25, -0.2) is 0 Å². The summed E-state index contributed by atoms with van der Waals surface area (Å²) in [5.41, 5.74) is 10.6. The van der Waals surface area contributed by atoms with Crippen molar-refractivity contribution < 1.29 is 28.5 Å². The molecule has 216 valence electrons. The first-order valence-electron chi connectivity index (χ1n) is 14.8. The second kappa shape index (κ2) is 8.73. The number of ether oxygens (including phenoxy) is 4. The van der Waals surface area contributed by atoms with E-state index in [1.165, 1.54) is 0 Å². The molecule has 4 aromatic carbocycles. The molecule has 4 aromatic rings. The van der Waals surface area contributed by atoms with E-state index >= 15 is 9.59 Å². The van der Waals surface area contributed by atoms with Crippen LogP contribution in [0.25, 0.3) is 0 Å². The van der Waals surface area contributed by atoms with E-state index in [2.05, 4.69) is 24.3 Å². The first-order chi connectivity index (χ1) is 21.5. The molecule has 0 fully saturated rings. The number of hydrogen-bond acceptors (Lipinski definition) is 6. The van der Waals surface area contributed by atoms with Crippen molar-refractivity contribution in [2.75, 3.05) is 28.4 Å². The Balaban J connectivity index is 1.31. The van der Waals surface area contributed by atoms with E-state index in [0.29, 0.717) is 45.3 Å². The standard InChI is InChI=1S/C38H28O6/c1-41-25-13-21-22(14-26(25)42-2)30-18-10-6-5-9-17(18)29(21)33-34(30)38(40)36-32-20-12-8-7-11-19(20)31(35(36)37(33)39)23-15-27(43-3)28(44-4)16-24(23)32/h5-16,29-32H,1-4H3/t29-,30+,31+,32-. The van der Waals surface area contributed by atoms with Gasteiger partial charge in [-0.15, -0.1) is 0 Å². The van der Waals surface area contributed by atoms with Gasteiger partial charge in [0.1, 0.15) is 0 Å². The van der Waals surface area contributed by atoms with E-state index in [-0.39, 0.29) is 35.2 Å². The Bertz CT molecular complexity index is 1790. The second-order valence-corrected chi connectivity index (χ2v) is 12.0. The molecule has 44 heavy (non-hydrogen) atoms. The highest BCUT2D eigenvalue weighted by Gasteiger charge is 2.57. The smallest absolute Gasteiger partial charge is 0.187 e. The topological polar surface area (TPSA) is 71.1 Å². The quantitative estimate of drug-likeness (QED) is 0.262. The first-order valence-corrected chi connectivity index (χ1v) is 14.8. The number of hydrogen-bond donors (Lipinski definition) is 0. The Morgan fingerprint density at radius 3 is 0.818 bits per heavy atom. The number of benzene rings is 4. The lowest BCUT2D eigenvalue weighted by Gasteiger charge is -2.49. The van der Waals surface area contributed by atoms with Crippen LogP contribution in [-0.2, 0) is 9.59 Å². The normalized spacial score (nSPS) is 22.9. The zero-order valence-electron chi connectivity index (χ0n) is 24.7. The number of carbonyl (C=O) groups excluding carboxylic acids is 2. The monoisotopic (exact) mass is 580 g/mol. The Labute approximate surface area is 254 Å². The molecule has 0 saturated carbocycles. The van der Waals surface area contributed by atoms with Crippen molar-refractivity contribution in [3.05, 3.63) is 140 Å². The van der Waals surface area contributed by atoms with Crippen LogP contribution in [0.5, 0.6) is 23.0 Å². The zero-order valence-corrected chi connectivity index (χ0v) is 24.7. The van der Waals surface area contributed by atoms with Gasteiger partial charge < -0.3 is 18.9 Å². The van der Waals surface area contributed by atoms with Gasteiger partial charge >= 0.3 is 0 Å². The van der Waals surface area contributed by atoms with Crippen LogP contribution in [0.2, 0.25) is 0 Å². The van der Waals surface area contributed by atoms with Crippen LogP contribution in [0.15, 0.2) is 95.1 Å². The van der Waals surface area contributed by atoms with Gasteiger partial charge in [0.2, 0.25) is 0 Å². The van der Waals surface area contributed by atoms with Crippen molar-refractivity contribution in [3.8, 4) is 23.0 Å². The summed E-state index contributed by atoms with van der Waals surface area (Å²) in [7, 11) is 6.47. The third-order valence-corrected chi connectivity index (χ3v) is 10.4. The van der Waals surface area contributed by atoms with Crippen LogP contribution in [0.3, 0.4) is 0 Å². The zero-order chi connectivity index (χ0) is 30.0. The molecule has 0 aliphatic heterocycles. The summed E-state index contributed by atoms with van der Waals surface area (Å²) in [4.78, 5) is 30.3. The molecule has 6 nitrogen and oxygen atoms in total. The number of rotatable bonds is 4. The van der Waals surface area contributed by atoms with Gasteiger partial charge in [-0.1, -0.05) is 48.5 Å². The van der Waals surface area contributed by atoms with E-state index in [1.807, 2.05) is 48.5 Å². The molecule has 4 atom stereocenters. The summed E-state index contributed by atoms with van der Waals surface area (Å²) >= 11 is 0. The summed E-state index contributed by atoms with van der Waals surface area (Å²) < 4.78 is 22.8. The van der Waals surface area contributed by atoms with E-state index in [1.54, 1.807) is 28.4 Å². The molecule has 11 rings (SSSR count). The van der Waals surface area contributed by atoms with Crippen LogP contribution >= 0.6 is 0 Å². The lowest BCUT2D eigenvalue weighted by molar-refractivity contribution is -0.117. The highest BCUT2D eigenvalue weighted by molar-refractivity contribution is 6.30. The Morgan fingerprint density at radius 2 is 0.614 bits per heavy atom. The SMILES string of the molecule is COc1cc2c(cc1OC)[C@H]1C3=C(C(=O)C4=C(C3=O)[C@@H]3c5ccccc5[C@H]4c4cc(OC)c(OC)cc43)[C@@H]2c2ccccc21. The number of carbonyl (C=O) groups is 2. The molecule has 0 radical (unpaired) electrons. The third kappa shape index (κ3) is 2.86.